The number of rotatable bonds is 7. The van der Waals surface area contributed by atoms with Crippen LogP contribution in [0.3, 0.4) is 0 Å². The summed E-state index contributed by atoms with van der Waals surface area (Å²) in [4.78, 5) is 11.3. The number of carbonyl (C=O) groups is 1. The number of thioether (sulfide) groups is 1. The molecule has 16 heavy (non-hydrogen) atoms. The van der Waals surface area contributed by atoms with Gasteiger partial charge in [0.05, 0.1) is 0 Å². The first kappa shape index (κ1) is 13.8. The van der Waals surface area contributed by atoms with Crippen molar-refractivity contribution in [3.8, 4) is 0 Å². The van der Waals surface area contributed by atoms with Crippen LogP contribution in [0.1, 0.15) is 52.4 Å². The molecule has 1 fully saturated rings. The summed E-state index contributed by atoms with van der Waals surface area (Å²) in [5.41, 5.74) is 0.127. The number of carbonyl (C=O) groups excluding carboxylic acids is 1. The summed E-state index contributed by atoms with van der Waals surface area (Å²) >= 11 is 1.82. The lowest BCUT2D eigenvalue weighted by atomic mass is 10.2. The average Bonchev–Trinajstić information content (AvgIpc) is 2.22. The van der Waals surface area contributed by atoms with Gasteiger partial charge in [-0.3, -0.25) is 10.1 Å². The summed E-state index contributed by atoms with van der Waals surface area (Å²) in [6.45, 7) is 4.30. The van der Waals surface area contributed by atoms with Gasteiger partial charge in [-0.2, -0.15) is 0 Å². The maximum Gasteiger partial charge on any atom is 0.223 e. The maximum atomic E-state index is 11.3. The molecule has 1 rings (SSSR count). The van der Waals surface area contributed by atoms with E-state index in [1.165, 1.54) is 32.1 Å². The van der Waals surface area contributed by atoms with Gasteiger partial charge in [0, 0.05) is 12.5 Å². The summed E-state index contributed by atoms with van der Waals surface area (Å²) < 4.78 is 0. The van der Waals surface area contributed by atoms with Crippen molar-refractivity contribution in [3.63, 3.8) is 0 Å². The number of amides is 1. The van der Waals surface area contributed by atoms with Gasteiger partial charge in [0.15, 0.2) is 0 Å². The first-order valence-electron chi connectivity index (χ1n) is 6.39. The van der Waals surface area contributed by atoms with Crippen LogP contribution in [0.5, 0.6) is 0 Å². The van der Waals surface area contributed by atoms with E-state index in [2.05, 4.69) is 24.5 Å². The SMILES string of the molecule is CCCCCCCSC1NC(=O)CC(C)N1. The lowest BCUT2D eigenvalue weighted by Gasteiger charge is -2.28. The van der Waals surface area contributed by atoms with Gasteiger partial charge >= 0.3 is 0 Å². The third-order valence-electron chi connectivity index (χ3n) is 2.75. The van der Waals surface area contributed by atoms with E-state index in [1.807, 2.05) is 11.8 Å². The Balaban J connectivity index is 2.01. The molecule has 1 aliphatic rings. The highest BCUT2D eigenvalue weighted by Crippen LogP contribution is 2.14. The van der Waals surface area contributed by atoms with Gasteiger partial charge < -0.3 is 5.32 Å². The van der Waals surface area contributed by atoms with Crippen LogP contribution in [0.15, 0.2) is 0 Å². The van der Waals surface area contributed by atoms with E-state index >= 15 is 0 Å². The molecule has 0 saturated carbocycles. The third-order valence-corrected chi connectivity index (χ3v) is 3.86. The van der Waals surface area contributed by atoms with Crippen molar-refractivity contribution in [2.24, 2.45) is 0 Å². The second-order valence-corrected chi connectivity index (χ2v) is 5.72. The minimum Gasteiger partial charge on any atom is -0.332 e. The minimum absolute atomic E-state index is 0.127. The first-order chi connectivity index (χ1) is 7.72. The largest absolute Gasteiger partial charge is 0.332 e. The van der Waals surface area contributed by atoms with E-state index in [0.29, 0.717) is 12.5 Å². The van der Waals surface area contributed by atoms with Crippen molar-refractivity contribution in [2.75, 3.05) is 5.75 Å². The van der Waals surface area contributed by atoms with Crippen LogP contribution in [0.2, 0.25) is 0 Å². The summed E-state index contributed by atoms with van der Waals surface area (Å²) in [6.07, 6.45) is 7.17. The zero-order valence-electron chi connectivity index (χ0n) is 10.4. The van der Waals surface area contributed by atoms with Gasteiger partial charge in [-0.05, 0) is 19.1 Å². The van der Waals surface area contributed by atoms with Crippen molar-refractivity contribution in [3.05, 3.63) is 0 Å². The van der Waals surface area contributed by atoms with Crippen molar-refractivity contribution in [2.45, 2.75) is 63.9 Å². The van der Waals surface area contributed by atoms with Crippen LogP contribution < -0.4 is 10.6 Å². The monoisotopic (exact) mass is 244 g/mol. The molecule has 1 aliphatic heterocycles. The van der Waals surface area contributed by atoms with E-state index in [-0.39, 0.29) is 11.4 Å². The van der Waals surface area contributed by atoms with Crippen molar-refractivity contribution < 1.29 is 4.79 Å². The van der Waals surface area contributed by atoms with Crippen LogP contribution in [-0.2, 0) is 4.79 Å². The highest BCUT2D eigenvalue weighted by atomic mass is 32.2. The maximum absolute atomic E-state index is 11.3. The van der Waals surface area contributed by atoms with Crippen LogP contribution >= 0.6 is 11.8 Å². The quantitative estimate of drug-likeness (QED) is 0.676. The van der Waals surface area contributed by atoms with Crippen molar-refractivity contribution in [1.82, 2.24) is 10.6 Å². The van der Waals surface area contributed by atoms with Crippen molar-refractivity contribution in [1.29, 1.82) is 0 Å². The zero-order chi connectivity index (χ0) is 11.8. The topological polar surface area (TPSA) is 41.1 Å². The Bertz CT molecular complexity index is 211. The third kappa shape index (κ3) is 5.75. The van der Waals surface area contributed by atoms with Crippen LogP contribution in [-0.4, -0.2) is 23.2 Å². The van der Waals surface area contributed by atoms with Gasteiger partial charge in [-0.25, -0.2) is 0 Å². The predicted molar refractivity (Wildman–Crippen MR) is 70.4 cm³/mol. The van der Waals surface area contributed by atoms with Gasteiger partial charge in [0.25, 0.3) is 0 Å². The molecule has 1 saturated heterocycles. The standard InChI is InChI=1S/C12H24N2OS/c1-3-4-5-6-7-8-16-12-13-10(2)9-11(15)14-12/h10,12-13H,3-9H2,1-2H3,(H,14,15). The van der Waals surface area contributed by atoms with Gasteiger partial charge in [0.1, 0.15) is 5.50 Å². The Morgan fingerprint density at radius 2 is 2.06 bits per heavy atom. The fraction of sp³-hybridized carbons (Fsp3) is 0.917. The Morgan fingerprint density at radius 1 is 1.31 bits per heavy atom. The Kier molecular flexibility index (Phi) is 6.88. The van der Waals surface area contributed by atoms with Crippen LogP contribution in [0.25, 0.3) is 0 Å². The van der Waals surface area contributed by atoms with Gasteiger partial charge in [-0.15, -0.1) is 11.8 Å². The van der Waals surface area contributed by atoms with E-state index < -0.39 is 0 Å². The summed E-state index contributed by atoms with van der Waals surface area (Å²) in [6, 6.07) is 0.311. The molecule has 0 aliphatic carbocycles. The molecule has 0 bridgehead atoms. The zero-order valence-corrected chi connectivity index (χ0v) is 11.2. The number of nitrogens with one attached hydrogen (secondary N) is 2. The molecule has 1 heterocycles. The van der Waals surface area contributed by atoms with E-state index in [4.69, 9.17) is 0 Å². The number of hydrogen-bond donors (Lipinski definition) is 2. The Hall–Kier alpha value is -0.220. The molecule has 1 amide bonds. The highest BCUT2D eigenvalue weighted by Gasteiger charge is 2.22. The normalized spacial score (nSPS) is 25.5. The highest BCUT2D eigenvalue weighted by molar-refractivity contribution is 7.99. The summed E-state index contributed by atoms with van der Waals surface area (Å²) in [5.74, 6) is 1.31. The molecular formula is C12H24N2OS. The van der Waals surface area contributed by atoms with Gasteiger partial charge in [0.2, 0.25) is 5.91 Å². The molecule has 0 aromatic heterocycles. The smallest absolute Gasteiger partial charge is 0.223 e. The molecule has 0 radical (unpaired) electrons. The fourth-order valence-corrected chi connectivity index (χ4v) is 2.99. The fourth-order valence-electron chi connectivity index (χ4n) is 1.84. The molecule has 0 spiro atoms. The van der Waals surface area contributed by atoms with E-state index in [9.17, 15) is 4.79 Å². The summed E-state index contributed by atoms with van der Waals surface area (Å²) in [5, 5.41) is 6.34. The number of unbranched alkanes of at least 4 members (excludes halogenated alkanes) is 4. The molecule has 0 aromatic rings. The Labute approximate surface area is 103 Å². The van der Waals surface area contributed by atoms with Crippen LogP contribution in [0, 0.1) is 0 Å². The molecule has 3 nitrogen and oxygen atoms in total. The lowest BCUT2D eigenvalue weighted by Crippen LogP contribution is -2.53. The molecule has 94 valence electrons. The molecular weight excluding hydrogens is 220 g/mol. The number of hydrogen-bond acceptors (Lipinski definition) is 3. The molecule has 2 N–H and O–H groups in total. The minimum atomic E-state index is 0.127. The second-order valence-electron chi connectivity index (χ2n) is 4.50. The predicted octanol–water partition coefficient (Wildman–Crippen LogP) is 2.47. The van der Waals surface area contributed by atoms with E-state index in [1.54, 1.807) is 0 Å². The molecule has 4 heteroatoms. The first-order valence-corrected chi connectivity index (χ1v) is 7.44. The lowest BCUT2D eigenvalue weighted by molar-refractivity contribution is -0.123. The van der Waals surface area contributed by atoms with E-state index in [0.717, 1.165) is 5.75 Å². The second kappa shape index (κ2) is 7.96. The van der Waals surface area contributed by atoms with Crippen molar-refractivity contribution >= 4 is 17.7 Å². The molecule has 0 aromatic carbocycles. The average molecular weight is 244 g/mol. The van der Waals surface area contributed by atoms with Gasteiger partial charge in [-0.1, -0.05) is 32.6 Å². The summed E-state index contributed by atoms with van der Waals surface area (Å²) in [7, 11) is 0. The van der Waals surface area contributed by atoms with Crippen LogP contribution in [0.4, 0.5) is 0 Å². The molecule has 2 atom stereocenters. The molecule has 2 unspecified atom stereocenters. The Morgan fingerprint density at radius 3 is 2.75 bits per heavy atom.